The molecule has 1 N–H and O–H groups in total. The van der Waals surface area contributed by atoms with Crippen molar-refractivity contribution in [3.63, 3.8) is 0 Å². The Morgan fingerprint density at radius 1 is 1.08 bits per heavy atom. The van der Waals surface area contributed by atoms with Gasteiger partial charge in [-0.1, -0.05) is 29.5 Å². The second kappa shape index (κ2) is 7.79. The number of nitro groups is 1. The molecule has 0 aliphatic carbocycles. The highest BCUT2D eigenvalue weighted by molar-refractivity contribution is 14.1. The van der Waals surface area contributed by atoms with Crippen LogP contribution < -0.4 is 5.32 Å². The molecule has 0 amide bonds. The minimum absolute atomic E-state index is 0.133. The van der Waals surface area contributed by atoms with E-state index in [1.54, 1.807) is 0 Å². The normalized spacial score (nSPS) is 10.5. The maximum Gasteiger partial charge on any atom is 0.343 e. The van der Waals surface area contributed by atoms with Gasteiger partial charge in [0.1, 0.15) is 6.33 Å². The molecule has 126 valence electrons. The van der Waals surface area contributed by atoms with Crippen LogP contribution in [0.25, 0.3) is 0 Å². The summed E-state index contributed by atoms with van der Waals surface area (Å²) in [6.45, 7) is 1.99. The van der Waals surface area contributed by atoms with Crippen LogP contribution in [0.5, 0.6) is 0 Å². The van der Waals surface area contributed by atoms with Crippen LogP contribution >= 0.6 is 34.4 Å². The average molecular weight is 464 g/mol. The van der Waals surface area contributed by atoms with Crippen LogP contribution in [0, 0.1) is 20.6 Å². The Morgan fingerprint density at radius 2 is 1.76 bits per heavy atom. The lowest BCUT2D eigenvalue weighted by atomic mass is 10.2. The fourth-order valence-corrected chi connectivity index (χ4v) is 3.30. The number of nitrogens with zero attached hydrogens (tertiary/aromatic N) is 3. The topological polar surface area (TPSA) is 81.0 Å². The molecule has 0 saturated carbocycles. The molecule has 3 rings (SSSR count). The van der Waals surface area contributed by atoms with E-state index in [0.29, 0.717) is 5.03 Å². The molecule has 0 unspecified atom stereocenters. The van der Waals surface area contributed by atoms with Gasteiger partial charge in [-0.25, -0.2) is 9.97 Å². The summed E-state index contributed by atoms with van der Waals surface area (Å²) in [7, 11) is 0. The molecule has 6 nitrogen and oxygen atoms in total. The quantitative estimate of drug-likeness (QED) is 0.242. The van der Waals surface area contributed by atoms with Crippen LogP contribution in [0.1, 0.15) is 5.56 Å². The zero-order chi connectivity index (χ0) is 17.8. The zero-order valence-corrected chi connectivity index (χ0v) is 16.1. The third-order valence-corrected chi connectivity index (χ3v) is 5.03. The van der Waals surface area contributed by atoms with E-state index in [2.05, 4.69) is 37.9 Å². The van der Waals surface area contributed by atoms with E-state index < -0.39 is 4.92 Å². The molecule has 1 heterocycles. The van der Waals surface area contributed by atoms with E-state index in [0.717, 1.165) is 19.7 Å². The monoisotopic (exact) mass is 464 g/mol. The minimum atomic E-state index is -0.453. The van der Waals surface area contributed by atoms with Crippen LogP contribution in [0.3, 0.4) is 0 Å². The summed E-state index contributed by atoms with van der Waals surface area (Å²) in [4.78, 5) is 20.2. The van der Waals surface area contributed by atoms with Gasteiger partial charge in [-0.3, -0.25) is 10.1 Å². The summed E-state index contributed by atoms with van der Waals surface area (Å²) in [5, 5.41) is 14.9. The highest BCUT2D eigenvalue weighted by Gasteiger charge is 2.23. The fourth-order valence-electron chi connectivity index (χ4n) is 2.08. The molecule has 0 atom stereocenters. The van der Waals surface area contributed by atoms with E-state index in [9.17, 15) is 10.1 Å². The van der Waals surface area contributed by atoms with Gasteiger partial charge in [0.15, 0.2) is 5.03 Å². The van der Waals surface area contributed by atoms with Gasteiger partial charge in [0, 0.05) is 14.2 Å². The summed E-state index contributed by atoms with van der Waals surface area (Å²) in [6.07, 6.45) is 1.33. The molecule has 0 aliphatic heterocycles. The molecule has 0 bridgehead atoms. The van der Waals surface area contributed by atoms with E-state index in [1.807, 2.05) is 55.5 Å². The first kappa shape index (κ1) is 17.6. The number of nitrogens with one attached hydrogen (secondary N) is 1. The highest BCUT2D eigenvalue weighted by Crippen LogP contribution is 2.37. The van der Waals surface area contributed by atoms with Gasteiger partial charge >= 0.3 is 5.69 Å². The highest BCUT2D eigenvalue weighted by atomic mass is 127. The van der Waals surface area contributed by atoms with Gasteiger partial charge in [0.25, 0.3) is 0 Å². The zero-order valence-electron chi connectivity index (χ0n) is 13.1. The Labute approximate surface area is 162 Å². The third-order valence-electron chi connectivity index (χ3n) is 3.31. The lowest BCUT2D eigenvalue weighted by Crippen LogP contribution is -2.02. The van der Waals surface area contributed by atoms with Crippen molar-refractivity contribution in [3.05, 3.63) is 74.1 Å². The smallest absolute Gasteiger partial charge is 0.334 e. The van der Waals surface area contributed by atoms with Gasteiger partial charge in [0.2, 0.25) is 5.82 Å². The molecule has 0 fully saturated rings. The maximum absolute atomic E-state index is 11.6. The molecule has 0 saturated heterocycles. The van der Waals surface area contributed by atoms with Crippen molar-refractivity contribution in [1.82, 2.24) is 9.97 Å². The first-order valence-electron chi connectivity index (χ1n) is 7.29. The number of halogens is 1. The predicted molar refractivity (Wildman–Crippen MR) is 106 cm³/mol. The molecule has 25 heavy (non-hydrogen) atoms. The van der Waals surface area contributed by atoms with Crippen molar-refractivity contribution in [2.75, 3.05) is 5.32 Å². The second-order valence-electron chi connectivity index (χ2n) is 5.18. The van der Waals surface area contributed by atoms with Crippen molar-refractivity contribution in [1.29, 1.82) is 0 Å². The summed E-state index contributed by atoms with van der Waals surface area (Å²) in [5.41, 5.74) is 1.72. The van der Waals surface area contributed by atoms with Gasteiger partial charge in [-0.05, 0) is 65.9 Å². The Kier molecular flexibility index (Phi) is 5.49. The van der Waals surface area contributed by atoms with E-state index in [4.69, 9.17) is 0 Å². The number of aromatic nitrogens is 2. The first-order valence-corrected chi connectivity index (χ1v) is 9.19. The van der Waals surface area contributed by atoms with Crippen molar-refractivity contribution >= 4 is 51.5 Å². The van der Waals surface area contributed by atoms with Crippen molar-refractivity contribution in [2.45, 2.75) is 16.8 Å². The number of hydrogen-bond acceptors (Lipinski definition) is 6. The predicted octanol–water partition coefficient (Wildman–Crippen LogP) is 5.19. The van der Waals surface area contributed by atoms with Crippen LogP contribution in [0.2, 0.25) is 0 Å². The van der Waals surface area contributed by atoms with Gasteiger partial charge in [-0.2, -0.15) is 0 Å². The maximum atomic E-state index is 11.6. The average Bonchev–Trinajstić information content (AvgIpc) is 2.59. The number of aryl methyl sites for hydroxylation is 1. The van der Waals surface area contributed by atoms with Gasteiger partial charge in [0.05, 0.1) is 4.92 Å². The standard InChI is InChI=1S/C17H13IN4O2S/c1-11-2-8-14(9-3-11)25-17-15(22(23)24)16(19-10-20-17)21-13-6-4-12(18)5-7-13/h2-10H,1H3,(H,19,20,21). The van der Waals surface area contributed by atoms with Crippen LogP contribution in [-0.4, -0.2) is 14.9 Å². The Hall–Kier alpha value is -2.20. The third kappa shape index (κ3) is 4.45. The lowest BCUT2D eigenvalue weighted by Gasteiger charge is -2.08. The Balaban J connectivity index is 1.94. The SMILES string of the molecule is Cc1ccc(Sc2ncnc(Nc3ccc(I)cc3)c2[N+](=O)[O-])cc1. The van der Waals surface area contributed by atoms with E-state index in [-0.39, 0.29) is 11.5 Å². The number of hydrogen-bond donors (Lipinski definition) is 1. The Morgan fingerprint density at radius 3 is 2.40 bits per heavy atom. The minimum Gasteiger partial charge on any atom is -0.334 e. The molecule has 3 aromatic rings. The summed E-state index contributed by atoms with van der Waals surface area (Å²) >= 11 is 3.44. The lowest BCUT2D eigenvalue weighted by molar-refractivity contribution is -0.387. The summed E-state index contributed by atoms with van der Waals surface area (Å²) in [6, 6.07) is 15.3. The summed E-state index contributed by atoms with van der Waals surface area (Å²) in [5.74, 6) is 0.177. The second-order valence-corrected chi connectivity index (χ2v) is 7.49. The van der Waals surface area contributed by atoms with E-state index in [1.165, 1.54) is 18.1 Å². The molecular weight excluding hydrogens is 451 g/mol. The van der Waals surface area contributed by atoms with Gasteiger partial charge in [-0.15, -0.1) is 0 Å². The first-order chi connectivity index (χ1) is 12.0. The molecule has 0 aliphatic rings. The number of anilines is 2. The molecule has 8 heteroatoms. The molecular formula is C17H13IN4O2S. The van der Waals surface area contributed by atoms with Crippen LogP contribution in [0.4, 0.5) is 17.2 Å². The van der Waals surface area contributed by atoms with Crippen molar-refractivity contribution < 1.29 is 4.92 Å². The van der Waals surface area contributed by atoms with Crippen molar-refractivity contribution in [2.24, 2.45) is 0 Å². The number of rotatable bonds is 5. The molecule has 0 radical (unpaired) electrons. The van der Waals surface area contributed by atoms with Gasteiger partial charge < -0.3 is 5.32 Å². The molecule has 2 aromatic carbocycles. The van der Waals surface area contributed by atoms with E-state index >= 15 is 0 Å². The molecule has 1 aromatic heterocycles. The van der Waals surface area contributed by atoms with Crippen molar-refractivity contribution in [3.8, 4) is 0 Å². The number of benzene rings is 2. The van der Waals surface area contributed by atoms with Crippen LogP contribution in [0.15, 0.2) is 64.8 Å². The fraction of sp³-hybridized carbons (Fsp3) is 0.0588. The largest absolute Gasteiger partial charge is 0.343 e. The van der Waals surface area contributed by atoms with Crippen LogP contribution in [-0.2, 0) is 0 Å². The summed E-state index contributed by atoms with van der Waals surface area (Å²) < 4.78 is 1.08. The Bertz CT molecular complexity index is 836. The molecule has 0 spiro atoms.